The van der Waals surface area contributed by atoms with Crippen LogP contribution < -0.4 is 9.80 Å². The Hall–Kier alpha value is -2.35. The summed E-state index contributed by atoms with van der Waals surface area (Å²) in [5.74, 6) is -0.492. The van der Waals surface area contributed by atoms with Crippen molar-refractivity contribution in [2.75, 3.05) is 44.3 Å². The number of quaternary nitrogens is 1. The van der Waals surface area contributed by atoms with E-state index in [4.69, 9.17) is 9.72 Å². The SMILES string of the molecule is CCc1cccc2sc(N(CC[NH+]3CCOCC3)C(=O)c3ccc(F)cc3)nc12. The van der Waals surface area contributed by atoms with E-state index in [9.17, 15) is 9.18 Å². The van der Waals surface area contributed by atoms with Crippen LogP contribution in [0.1, 0.15) is 22.8 Å². The van der Waals surface area contributed by atoms with Crippen molar-refractivity contribution in [3.05, 3.63) is 59.4 Å². The molecule has 1 amide bonds. The minimum absolute atomic E-state index is 0.144. The lowest BCUT2D eigenvalue weighted by atomic mass is 10.1. The number of carbonyl (C=O) groups is 1. The maximum Gasteiger partial charge on any atom is 0.260 e. The van der Waals surface area contributed by atoms with E-state index in [1.807, 2.05) is 12.1 Å². The number of nitrogens with one attached hydrogen (secondary N) is 1. The highest BCUT2D eigenvalue weighted by Gasteiger charge is 2.24. The van der Waals surface area contributed by atoms with Crippen molar-refractivity contribution in [3.8, 4) is 0 Å². The standard InChI is InChI=1S/C22H24FN3O2S/c1-2-16-4-3-5-19-20(16)24-22(29-19)26(11-10-25-12-14-28-15-13-25)21(27)17-6-8-18(23)9-7-17/h3-9H,2,10-15H2,1H3/p+1. The Morgan fingerprint density at radius 2 is 1.97 bits per heavy atom. The number of para-hydroxylation sites is 1. The summed E-state index contributed by atoms with van der Waals surface area (Å²) in [5.41, 5.74) is 2.61. The molecule has 1 fully saturated rings. The number of benzene rings is 2. The number of thiazole rings is 1. The molecular formula is C22H25FN3O2S+. The number of ether oxygens (including phenoxy) is 1. The third kappa shape index (κ3) is 4.47. The number of rotatable bonds is 6. The van der Waals surface area contributed by atoms with E-state index in [-0.39, 0.29) is 11.7 Å². The fraction of sp³-hybridized carbons (Fsp3) is 0.364. The van der Waals surface area contributed by atoms with E-state index >= 15 is 0 Å². The van der Waals surface area contributed by atoms with Crippen LogP contribution in [-0.2, 0) is 11.2 Å². The predicted molar refractivity (Wildman–Crippen MR) is 113 cm³/mol. The molecule has 0 radical (unpaired) electrons. The lowest BCUT2D eigenvalue weighted by molar-refractivity contribution is -0.906. The Kier molecular flexibility index (Phi) is 6.18. The van der Waals surface area contributed by atoms with Crippen LogP contribution in [0.2, 0.25) is 0 Å². The Morgan fingerprint density at radius 1 is 1.21 bits per heavy atom. The first-order valence-electron chi connectivity index (χ1n) is 10.0. The molecule has 2 heterocycles. The molecule has 0 bridgehead atoms. The van der Waals surface area contributed by atoms with Gasteiger partial charge in [-0.15, -0.1) is 0 Å². The topological polar surface area (TPSA) is 46.9 Å². The summed E-state index contributed by atoms with van der Waals surface area (Å²) in [6.07, 6.45) is 0.893. The molecule has 1 aromatic heterocycles. The van der Waals surface area contributed by atoms with Crippen molar-refractivity contribution < 1.29 is 18.8 Å². The van der Waals surface area contributed by atoms with Crippen LogP contribution in [0.25, 0.3) is 10.2 Å². The second-order valence-corrected chi connectivity index (χ2v) is 8.20. The molecule has 0 aliphatic carbocycles. The number of morpholine rings is 1. The minimum Gasteiger partial charge on any atom is -0.370 e. The third-order valence-corrected chi connectivity index (χ3v) is 6.37. The largest absolute Gasteiger partial charge is 0.370 e. The van der Waals surface area contributed by atoms with E-state index in [1.165, 1.54) is 46.1 Å². The highest BCUT2D eigenvalue weighted by Crippen LogP contribution is 2.31. The molecule has 0 atom stereocenters. The molecule has 0 spiro atoms. The van der Waals surface area contributed by atoms with Gasteiger partial charge >= 0.3 is 0 Å². The molecule has 2 aromatic carbocycles. The summed E-state index contributed by atoms with van der Waals surface area (Å²) in [6.45, 7) is 6.89. The molecule has 0 saturated carbocycles. The van der Waals surface area contributed by atoms with Gasteiger partial charge in [0, 0.05) is 5.56 Å². The summed E-state index contributed by atoms with van der Waals surface area (Å²) < 4.78 is 19.9. The van der Waals surface area contributed by atoms with Crippen molar-refractivity contribution in [1.82, 2.24) is 4.98 Å². The van der Waals surface area contributed by atoms with E-state index in [0.717, 1.165) is 49.5 Å². The monoisotopic (exact) mass is 414 g/mol. The quantitative estimate of drug-likeness (QED) is 0.674. The van der Waals surface area contributed by atoms with Crippen molar-refractivity contribution in [2.45, 2.75) is 13.3 Å². The fourth-order valence-corrected chi connectivity index (χ4v) is 4.64. The van der Waals surface area contributed by atoms with Gasteiger partial charge in [0.15, 0.2) is 5.13 Å². The van der Waals surface area contributed by atoms with Crippen molar-refractivity contribution in [2.24, 2.45) is 0 Å². The van der Waals surface area contributed by atoms with E-state index in [0.29, 0.717) is 17.2 Å². The van der Waals surface area contributed by atoms with Gasteiger partial charge in [-0.2, -0.15) is 0 Å². The van der Waals surface area contributed by atoms with Gasteiger partial charge in [-0.1, -0.05) is 30.4 Å². The second kappa shape index (κ2) is 8.98. The lowest BCUT2D eigenvalue weighted by Crippen LogP contribution is -3.14. The number of amides is 1. The number of fused-ring (bicyclic) bond motifs is 1. The number of hydrogen-bond acceptors (Lipinski definition) is 4. The van der Waals surface area contributed by atoms with Crippen LogP contribution in [0, 0.1) is 5.82 Å². The van der Waals surface area contributed by atoms with Crippen LogP contribution in [0.4, 0.5) is 9.52 Å². The normalized spacial score (nSPS) is 15.0. The minimum atomic E-state index is -0.349. The molecular weight excluding hydrogens is 389 g/mol. The number of carbonyl (C=O) groups excluding carboxylic acids is 1. The number of anilines is 1. The number of aromatic nitrogens is 1. The molecule has 1 aliphatic rings. The molecule has 1 saturated heterocycles. The first kappa shape index (κ1) is 19.9. The van der Waals surface area contributed by atoms with Gasteiger partial charge in [0.25, 0.3) is 5.91 Å². The maximum absolute atomic E-state index is 13.3. The van der Waals surface area contributed by atoms with Gasteiger partial charge in [-0.05, 0) is 42.3 Å². The average molecular weight is 415 g/mol. The van der Waals surface area contributed by atoms with Crippen molar-refractivity contribution in [3.63, 3.8) is 0 Å². The molecule has 1 N–H and O–H groups in total. The number of nitrogens with zero attached hydrogens (tertiary/aromatic N) is 2. The number of halogens is 1. The van der Waals surface area contributed by atoms with Crippen molar-refractivity contribution >= 4 is 32.6 Å². The third-order valence-electron chi connectivity index (χ3n) is 5.33. The van der Waals surface area contributed by atoms with Crippen LogP contribution in [0.3, 0.4) is 0 Å². The Labute approximate surface area is 173 Å². The van der Waals surface area contributed by atoms with Crippen molar-refractivity contribution in [1.29, 1.82) is 0 Å². The van der Waals surface area contributed by atoms with Crippen LogP contribution >= 0.6 is 11.3 Å². The summed E-state index contributed by atoms with van der Waals surface area (Å²) in [7, 11) is 0. The summed E-state index contributed by atoms with van der Waals surface area (Å²) in [4.78, 5) is 21.3. The summed E-state index contributed by atoms with van der Waals surface area (Å²) in [6, 6.07) is 11.9. The zero-order chi connectivity index (χ0) is 20.2. The molecule has 152 valence electrons. The van der Waals surface area contributed by atoms with Crippen LogP contribution in [0.5, 0.6) is 0 Å². The predicted octanol–water partition coefficient (Wildman–Crippen LogP) is 2.56. The Balaban J connectivity index is 1.65. The average Bonchev–Trinajstić information content (AvgIpc) is 3.19. The lowest BCUT2D eigenvalue weighted by Gasteiger charge is -2.27. The van der Waals surface area contributed by atoms with Gasteiger partial charge in [-0.3, -0.25) is 9.69 Å². The zero-order valence-electron chi connectivity index (χ0n) is 16.5. The van der Waals surface area contributed by atoms with E-state index in [2.05, 4.69) is 13.0 Å². The van der Waals surface area contributed by atoms with Gasteiger partial charge in [0.05, 0.1) is 36.5 Å². The van der Waals surface area contributed by atoms with Gasteiger partial charge in [0.2, 0.25) is 0 Å². The highest BCUT2D eigenvalue weighted by atomic mass is 32.1. The summed E-state index contributed by atoms with van der Waals surface area (Å²) in [5, 5.41) is 0.697. The molecule has 4 rings (SSSR count). The van der Waals surface area contributed by atoms with Crippen LogP contribution in [-0.4, -0.2) is 50.3 Å². The maximum atomic E-state index is 13.3. The van der Waals surface area contributed by atoms with Gasteiger partial charge < -0.3 is 9.64 Å². The van der Waals surface area contributed by atoms with Gasteiger partial charge in [0.1, 0.15) is 18.9 Å². The molecule has 3 aromatic rings. The number of aryl methyl sites for hydroxylation is 1. The Morgan fingerprint density at radius 3 is 2.69 bits per heavy atom. The zero-order valence-corrected chi connectivity index (χ0v) is 17.3. The summed E-state index contributed by atoms with van der Waals surface area (Å²) >= 11 is 1.53. The highest BCUT2D eigenvalue weighted by molar-refractivity contribution is 7.22. The van der Waals surface area contributed by atoms with Crippen LogP contribution in [0.15, 0.2) is 42.5 Å². The smallest absolute Gasteiger partial charge is 0.260 e. The molecule has 5 nitrogen and oxygen atoms in total. The Bertz CT molecular complexity index is 983. The molecule has 29 heavy (non-hydrogen) atoms. The van der Waals surface area contributed by atoms with E-state index < -0.39 is 0 Å². The molecule has 7 heteroatoms. The fourth-order valence-electron chi connectivity index (χ4n) is 3.61. The first-order valence-corrected chi connectivity index (χ1v) is 10.8. The molecule has 1 aliphatic heterocycles. The second-order valence-electron chi connectivity index (χ2n) is 7.19. The van der Waals surface area contributed by atoms with E-state index in [1.54, 1.807) is 4.90 Å². The number of hydrogen-bond donors (Lipinski definition) is 1. The first-order chi connectivity index (χ1) is 14.2. The molecule has 0 unspecified atom stereocenters. The van der Waals surface area contributed by atoms with Gasteiger partial charge in [-0.25, -0.2) is 9.37 Å².